The number of benzene rings is 2. The van der Waals surface area contributed by atoms with Crippen molar-refractivity contribution in [3.05, 3.63) is 64.7 Å². The minimum Gasteiger partial charge on any atom is -0.345 e. The van der Waals surface area contributed by atoms with E-state index in [-0.39, 0.29) is 16.8 Å². The molecule has 27 heavy (non-hydrogen) atoms. The number of nitrogens with one attached hydrogen (secondary N) is 2. The van der Waals surface area contributed by atoms with Crippen LogP contribution >= 0.6 is 0 Å². The fourth-order valence-corrected chi connectivity index (χ4v) is 4.33. The number of carbonyl (C=O) groups excluding carboxylic acids is 1. The van der Waals surface area contributed by atoms with Gasteiger partial charge < -0.3 is 5.32 Å². The number of carbonyl (C=O) groups is 1. The van der Waals surface area contributed by atoms with Crippen molar-refractivity contribution in [2.24, 2.45) is 0 Å². The Morgan fingerprint density at radius 1 is 1.07 bits per heavy atom. The highest BCUT2D eigenvalue weighted by Gasteiger charge is 2.19. The zero-order chi connectivity index (χ0) is 19.4. The summed E-state index contributed by atoms with van der Waals surface area (Å²) in [7, 11) is -2.23. The van der Waals surface area contributed by atoms with Crippen molar-refractivity contribution >= 4 is 15.9 Å². The summed E-state index contributed by atoms with van der Waals surface area (Å²) in [5.74, 6) is -0.271. The first kappa shape index (κ1) is 19.6. The largest absolute Gasteiger partial charge is 0.345 e. The van der Waals surface area contributed by atoms with E-state index < -0.39 is 10.0 Å². The molecule has 2 aromatic carbocycles. The molecule has 5 nitrogen and oxygen atoms in total. The molecular weight excluding hydrogens is 360 g/mol. The molecule has 1 aliphatic rings. The maximum Gasteiger partial charge on any atom is 0.251 e. The van der Waals surface area contributed by atoms with Crippen LogP contribution in [0.5, 0.6) is 0 Å². The molecule has 0 unspecified atom stereocenters. The van der Waals surface area contributed by atoms with Crippen LogP contribution in [-0.2, 0) is 22.9 Å². The predicted molar refractivity (Wildman–Crippen MR) is 106 cm³/mol. The highest BCUT2D eigenvalue weighted by atomic mass is 32.2. The molecule has 0 spiro atoms. The molecule has 3 rings (SSSR count). The maximum atomic E-state index is 12.7. The van der Waals surface area contributed by atoms with Gasteiger partial charge in [0.05, 0.1) is 10.9 Å². The Morgan fingerprint density at radius 2 is 1.81 bits per heavy atom. The van der Waals surface area contributed by atoms with Crippen LogP contribution in [0.2, 0.25) is 0 Å². The summed E-state index contributed by atoms with van der Waals surface area (Å²) in [6, 6.07) is 12.5. The second kappa shape index (κ2) is 8.23. The number of amides is 1. The van der Waals surface area contributed by atoms with Gasteiger partial charge in [-0.1, -0.05) is 31.2 Å². The van der Waals surface area contributed by atoms with Crippen molar-refractivity contribution in [3.63, 3.8) is 0 Å². The first-order valence-corrected chi connectivity index (χ1v) is 10.9. The van der Waals surface area contributed by atoms with Crippen molar-refractivity contribution in [1.29, 1.82) is 0 Å². The molecule has 1 atom stereocenters. The Hall–Kier alpha value is -2.18. The number of aryl methyl sites for hydroxylation is 2. The van der Waals surface area contributed by atoms with Crippen LogP contribution in [0.15, 0.2) is 47.4 Å². The zero-order valence-corrected chi connectivity index (χ0v) is 16.6. The third-order valence-electron chi connectivity index (χ3n) is 5.16. The van der Waals surface area contributed by atoms with E-state index >= 15 is 0 Å². The molecular formula is C21H26N2O3S. The molecule has 2 aromatic rings. The summed E-state index contributed by atoms with van der Waals surface area (Å²) in [4.78, 5) is 12.8. The van der Waals surface area contributed by atoms with Crippen LogP contribution in [-0.4, -0.2) is 21.4 Å². The first-order valence-electron chi connectivity index (χ1n) is 9.40. The molecule has 0 fully saturated rings. The van der Waals surface area contributed by atoms with E-state index in [9.17, 15) is 13.2 Å². The Balaban J connectivity index is 1.81. The third kappa shape index (κ3) is 4.39. The third-order valence-corrected chi connectivity index (χ3v) is 6.58. The van der Waals surface area contributed by atoms with Gasteiger partial charge in [-0.25, -0.2) is 13.1 Å². The van der Waals surface area contributed by atoms with Crippen LogP contribution in [0.1, 0.15) is 59.3 Å². The van der Waals surface area contributed by atoms with Gasteiger partial charge in [-0.2, -0.15) is 0 Å². The summed E-state index contributed by atoms with van der Waals surface area (Å²) >= 11 is 0. The van der Waals surface area contributed by atoms with Crippen LogP contribution in [0.3, 0.4) is 0 Å². The Bertz CT molecular complexity index is 938. The average Bonchev–Trinajstić information content (AvgIpc) is 2.71. The molecule has 1 aliphatic carbocycles. The molecule has 0 aromatic heterocycles. The SMILES string of the molecule is CC[C@@H](NC(=O)c1cccc(S(=O)(=O)NC)c1)c1ccc2c(c1)CCCC2. The molecule has 144 valence electrons. The second-order valence-electron chi connectivity index (χ2n) is 6.90. The van der Waals surface area contributed by atoms with E-state index in [4.69, 9.17) is 0 Å². The van der Waals surface area contributed by atoms with Gasteiger partial charge >= 0.3 is 0 Å². The average molecular weight is 387 g/mol. The van der Waals surface area contributed by atoms with E-state index in [0.29, 0.717) is 5.56 Å². The Kier molecular flexibility index (Phi) is 5.97. The van der Waals surface area contributed by atoms with Crippen LogP contribution < -0.4 is 10.0 Å². The van der Waals surface area contributed by atoms with Crippen LogP contribution in [0.4, 0.5) is 0 Å². The molecule has 0 aliphatic heterocycles. The van der Waals surface area contributed by atoms with E-state index in [1.807, 2.05) is 6.92 Å². The van der Waals surface area contributed by atoms with Crippen molar-refractivity contribution in [1.82, 2.24) is 10.0 Å². The minimum atomic E-state index is -3.58. The topological polar surface area (TPSA) is 75.3 Å². The standard InChI is InChI=1S/C21H26N2O3S/c1-3-20(17-12-11-15-7-4-5-8-16(15)13-17)23-21(24)18-9-6-10-19(14-18)27(25,26)22-2/h6,9-14,20,22H,3-5,7-8H2,1-2H3,(H,23,24)/t20-/m1/s1. The van der Waals surface area contributed by atoms with Crippen molar-refractivity contribution in [2.75, 3.05) is 7.05 Å². The smallest absolute Gasteiger partial charge is 0.251 e. The van der Waals surface area contributed by atoms with Gasteiger partial charge in [-0.05, 0) is 74.0 Å². The highest BCUT2D eigenvalue weighted by molar-refractivity contribution is 7.89. The van der Waals surface area contributed by atoms with Gasteiger partial charge in [0.1, 0.15) is 0 Å². The van der Waals surface area contributed by atoms with Crippen LogP contribution in [0, 0.1) is 0 Å². The Labute approximate surface area is 161 Å². The summed E-state index contributed by atoms with van der Waals surface area (Å²) in [6.45, 7) is 2.03. The molecule has 0 radical (unpaired) electrons. The minimum absolute atomic E-state index is 0.0829. The zero-order valence-electron chi connectivity index (χ0n) is 15.8. The van der Waals surface area contributed by atoms with Crippen molar-refractivity contribution in [3.8, 4) is 0 Å². The lowest BCUT2D eigenvalue weighted by Gasteiger charge is -2.22. The summed E-state index contributed by atoms with van der Waals surface area (Å²) in [6.07, 6.45) is 5.44. The fraction of sp³-hybridized carbons (Fsp3) is 0.381. The molecule has 0 saturated carbocycles. The van der Waals surface area contributed by atoms with Gasteiger partial charge in [0.2, 0.25) is 10.0 Å². The number of rotatable bonds is 6. The number of fused-ring (bicyclic) bond motifs is 1. The quantitative estimate of drug-likeness (QED) is 0.799. The lowest BCUT2D eigenvalue weighted by atomic mass is 9.88. The van der Waals surface area contributed by atoms with E-state index in [2.05, 4.69) is 28.2 Å². The lowest BCUT2D eigenvalue weighted by molar-refractivity contribution is 0.0935. The fourth-order valence-electron chi connectivity index (χ4n) is 3.56. The van der Waals surface area contributed by atoms with Gasteiger partial charge in [0.15, 0.2) is 0 Å². The number of hydrogen-bond donors (Lipinski definition) is 2. The summed E-state index contributed by atoms with van der Waals surface area (Å²) in [5, 5.41) is 3.05. The highest BCUT2D eigenvalue weighted by Crippen LogP contribution is 2.26. The number of hydrogen-bond acceptors (Lipinski definition) is 3. The monoisotopic (exact) mass is 386 g/mol. The predicted octanol–water partition coefficient (Wildman–Crippen LogP) is 3.35. The van der Waals surface area contributed by atoms with Crippen LogP contribution in [0.25, 0.3) is 0 Å². The van der Waals surface area contributed by atoms with Gasteiger partial charge in [0.25, 0.3) is 5.91 Å². The Morgan fingerprint density at radius 3 is 2.52 bits per heavy atom. The number of sulfonamides is 1. The molecule has 0 heterocycles. The van der Waals surface area contributed by atoms with E-state index in [0.717, 1.165) is 24.8 Å². The first-order chi connectivity index (χ1) is 12.9. The molecule has 6 heteroatoms. The normalized spacial score (nSPS) is 15.0. The molecule has 0 bridgehead atoms. The van der Waals surface area contributed by atoms with Gasteiger partial charge in [-0.15, -0.1) is 0 Å². The van der Waals surface area contributed by atoms with Crippen molar-refractivity contribution < 1.29 is 13.2 Å². The molecule has 2 N–H and O–H groups in total. The summed E-state index contributed by atoms with van der Waals surface area (Å²) in [5.41, 5.74) is 4.23. The summed E-state index contributed by atoms with van der Waals surface area (Å²) < 4.78 is 26.2. The maximum absolute atomic E-state index is 12.7. The van der Waals surface area contributed by atoms with Gasteiger partial charge in [0, 0.05) is 5.56 Å². The van der Waals surface area contributed by atoms with Crippen molar-refractivity contribution in [2.45, 2.75) is 50.0 Å². The van der Waals surface area contributed by atoms with Gasteiger partial charge in [-0.3, -0.25) is 4.79 Å². The molecule has 1 amide bonds. The lowest BCUT2D eigenvalue weighted by Crippen LogP contribution is -2.28. The second-order valence-corrected chi connectivity index (χ2v) is 8.79. The van der Waals surface area contributed by atoms with E-state index in [1.165, 1.54) is 43.1 Å². The molecule has 0 saturated heterocycles. The van der Waals surface area contributed by atoms with E-state index in [1.54, 1.807) is 12.1 Å².